The Hall–Kier alpha value is -1.35. The van der Waals surface area contributed by atoms with Crippen LogP contribution in [0.2, 0.25) is 0 Å². The molecule has 0 aromatic carbocycles. The highest BCUT2D eigenvalue weighted by Crippen LogP contribution is 2.25. The van der Waals surface area contributed by atoms with Gasteiger partial charge < -0.3 is 10.1 Å². The van der Waals surface area contributed by atoms with Crippen LogP contribution in [0.15, 0.2) is 30.7 Å². The molecule has 2 N–H and O–H groups in total. The van der Waals surface area contributed by atoms with Crippen molar-refractivity contribution < 1.29 is 0 Å². The van der Waals surface area contributed by atoms with Gasteiger partial charge in [-0.3, -0.25) is 0 Å². The van der Waals surface area contributed by atoms with E-state index in [1.165, 1.54) is 5.52 Å². The predicted molar refractivity (Wildman–Crippen MR) is 61.8 cm³/mol. The van der Waals surface area contributed by atoms with Gasteiger partial charge in [0.25, 0.3) is 0 Å². The van der Waals surface area contributed by atoms with E-state index in [9.17, 15) is 0 Å². The minimum absolute atomic E-state index is 0.345. The van der Waals surface area contributed by atoms with Crippen LogP contribution >= 0.6 is 0 Å². The number of hydrogen-bond acceptors (Lipinski definition) is 2. The van der Waals surface area contributed by atoms with Crippen LogP contribution in [-0.4, -0.2) is 15.9 Å². The van der Waals surface area contributed by atoms with E-state index in [1.54, 1.807) is 0 Å². The average molecular weight is 203 g/mol. The molecule has 2 aromatic rings. The lowest BCUT2D eigenvalue weighted by atomic mass is 9.92. The van der Waals surface area contributed by atoms with Gasteiger partial charge in [-0.25, -0.2) is 4.98 Å². The van der Waals surface area contributed by atoms with Gasteiger partial charge in [0.15, 0.2) is 0 Å². The maximum Gasteiger partial charge on any atom is 0.0995 e. The fourth-order valence-corrected chi connectivity index (χ4v) is 1.95. The molecule has 2 aromatic heterocycles. The number of rotatable bonds is 3. The second-order valence-electron chi connectivity index (χ2n) is 4.21. The standard InChI is InChI=1S/C12H17N3/c1-9(2)10(7-13)12-11-5-3-4-6-15(11)8-14-12/h3-6,8-10H,7,13H2,1-2H3. The quantitative estimate of drug-likeness (QED) is 0.829. The topological polar surface area (TPSA) is 43.3 Å². The van der Waals surface area contributed by atoms with Crippen LogP contribution in [0.25, 0.3) is 5.52 Å². The summed E-state index contributed by atoms with van der Waals surface area (Å²) in [6.45, 7) is 5.02. The molecular weight excluding hydrogens is 186 g/mol. The highest BCUT2D eigenvalue weighted by molar-refractivity contribution is 5.53. The molecule has 0 aliphatic rings. The molecule has 0 aliphatic carbocycles. The molecule has 80 valence electrons. The SMILES string of the molecule is CC(C)C(CN)c1ncn2ccccc12. The van der Waals surface area contributed by atoms with Crippen molar-refractivity contribution in [1.29, 1.82) is 0 Å². The Balaban J connectivity index is 2.51. The van der Waals surface area contributed by atoms with E-state index in [2.05, 4.69) is 24.9 Å². The number of fused-ring (bicyclic) bond motifs is 1. The molecule has 0 spiro atoms. The summed E-state index contributed by atoms with van der Waals surface area (Å²) in [5.41, 5.74) is 8.09. The van der Waals surface area contributed by atoms with Gasteiger partial charge in [-0.15, -0.1) is 0 Å². The van der Waals surface area contributed by atoms with Crippen molar-refractivity contribution in [3.8, 4) is 0 Å². The molecule has 3 heteroatoms. The van der Waals surface area contributed by atoms with Crippen molar-refractivity contribution in [3.63, 3.8) is 0 Å². The molecule has 15 heavy (non-hydrogen) atoms. The molecule has 0 radical (unpaired) electrons. The Morgan fingerprint density at radius 2 is 2.20 bits per heavy atom. The van der Waals surface area contributed by atoms with Crippen molar-refractivity contribution in [2.45, 2.75) is 19.8 Å². The third kappa shape index (κ3) is 1.75. The van der Waals surface area contributed by atoms with Crippen molar-refractivity contribution in [1.82, 2.24) is 9.38 Å². The normalized spacial score (nSPS) is 13.6. The second kappa shape index (κ2) is 4.03. The molecular formula is C12H17N3. The third-order valence-corrected chi connectivity index (χ3v) is 2.88. The lowest BCUT2D eigenvalue weighted by Gasteiger charge is -2.16. The number of nitrogens with zero attached hydrogens (tertiary/aromatic N) is 2. The minimum Gasteiger partial charge on any atom is -0.330 e. The van der Waals surface area contributed by atoms with Crippen molar-refractivity contribution in [2.75, 3.05) is 6.54 Å². The zero-order valence-electron chi connectivity index (χ0n) is 9.22. The molecule has 0 aliphatic heterocycles. The first-order valence-corrected chi connectivity index (χ1v) is 5.35. The summed E-state index contributed by atoms with van der Waals surface area (Å²) in [6.07, 6.45) is 3.87. The summed E-state index contributed by atoms with van der Waals surface area (Å²) >= 11 is 0. The van der Waals surface area contributed by atoms with Gasteiger partial charge in [-0.05, 0) is 18.1 Å². The Bertz CT molecular complexity index is 445. The van der Waals surface area contributed by atoms with Crippen LogP contribution in [0.5, 0.6) is 0 Å². The molecule has 0 saturated heterocycles. The van der Waals surface area contributed by atoms with Crippen LogP contribution in [0, 0.1) is 5.92 Å². The molecule has 3 nitrogen and oxygen atoms in total. The third-order valence-electron chi connectivity index (χ3n) is 2.88. The Labute approximate surface area is 89.9 Å². The van der Waals surface area contributed by atoms with E-state index >= 15 is 0 Å². The zero-order chi connectivity index (χ0) is 10.8. The summed E-state index contributed by atoms with van der Waals surface area (Å²) in [4.78, 5) is 4.47. The van der Waals surface area contributed by atoms with Gasteiger partial charge in [0.05, 0.1) is 17.5 Å². The lowest BCUT2D eigenvalue weighted by Crippen LogP contribution is -2.18. The molecule has 2 heterocycles. The van der Waals surface area contributed by atoms with E-state index in [0.717, 1.165) is 5.69 Å². The number of aromatic nitrogens is 2. The van der Waals surface area contributed by atoms with Crippen molar-refractivity contribution in [2.24, 2.45) is 11.7 Å². The smallest absolute Gasteiger partial charge is 0.0995 e. The Morgan fingerprint density at radius 1 is 1.40 bits per heavy atom. The largest absolute Gasteiger partial charge is 0.330 e. The first-order valence-electron chi connectivity index (χ1n) is 5.35. The van der Waals surface area contributed by atoms with E-state index in [0.29, 0.717) is 18.4 Å². The number of imidazole rings is 1. The number of hydrogen-bond donors (Lipinski definition) is 1. The van der Waals surface area contributed by atoms with Gasteiger partial charge in [-0.1, -0.05) is 19.9 Å². The van der Waals surface area contributed by atoms with Crippen molar-refractivity contribution >= 4 is 5.52 Å². The zero-order valence-corrected chi connectivity index (χ0v) is 9.22. The van der Waals surface area contributed by atoms with Gasteiger partial charge in [-0.2, -0.15) is 0 Å². The Morgan fingerprint density at radius 3 is 2.87 bits per heavy atom. The van der Waals surface area contributed by atoms with Crippen LogP contribution in [0.4, 0.5) is 0 Å². The first-order chi connectivity index (χ1) is 7.24. The summed E-state index contributed by atoms with van der Waals surface area (Å²) in [6, 6.07) is 6.13. The summed E-state index contributed by atoms with van der Waals surface area (Å²) in [7, 11) is 0. The molecule has 2 rings (SSSR count). The molecule has 0 fully saturated rings. The summed E-state index contributed by atoms with van der Waals surface area (Å²) in [5, 5.41) is 0. The molecule has 1 atom stereocenters. The number of nitrogens with two attached hydrogens (primary N) is 1. The maximum atomic E-state index is 5.81. The van der Waals surface area contributed by atoms with Crippen LogP contribution in [0.3, 0.4) is 0 Å². The monoisotopic (exact) mass is 203 g/mol. The Kier molecular flexibility index (Phi) is 2.73. The van der Waals surface area contributed by atoms with Gasteiger partial charge >= 0.3 is 0 Å². The lowest BCUT2D eigenvalue weighted by molar-refractivity contribution is 0.500. The first kappa shape index (κ1) is 10.2. The average Bonchev–Trinajstić information content (AvgIpc) is 2.63. The van der Waals surface area contributed by atoms with Gasteiger partial charge in [0.1, 0.15) is 0 Å². The molecule has 1 unspecified atom stereocenters. The van der Waals surface area contributed by atoms with E-state index in [4.69, 9.17) is 5.73 Å². The second-order valence-corrected chi connectivity index (χ2v) is 4.21. The van der Waals surface area contributed by atoms with E-state index < -0.39 is 0 Å². The van der Waals surface area contributed by atoms with Gasteiger partial charge in [0.2, 0.25) is 0 Å². The van der Waals surface area contributed by atoms with Gasteiger partial charge in [0, 0.05) is 18.7 Å². The summed E-state index contributed by atoms with van der Waals surface area (Å²) < 4.78 is 2.04. The summed E-state index contributed by atoms with van der Waals surface area (Å²) in [5.74, 6) is 0.867. The minimum atomic E-state index is 0.345. The fraction of sp³-hybridized carbons (Fsp3) is 0.417. The van der Waals surface area contributed by atoms with E-state index in [1.807, 2.05) is 29.1 Å². The predicted octanol–water partition coefficient (Wildman–Crippen LogP) is 2.03. The molecule has 0 bridgehead atoms. The number of pyridine rings is 1. The van der Waals surface area contributed by atoms with Crippen molar-refractivity contribution in [3.05, 3.63) is 36.4 Å². The maximum absolute atomic E-state index is 5.81. The van der Waals surface area contributed by atoms with Crippen LogP contribution in [0.1, 0.15) is 25.5 Å². The van der Waals surface area contributed by atoms with Crippen LogP contribution in [-0.2, 0) is 0 Å². The van der Waals surface area contributed by atoms with E-state index in [-0.39, 0.29) is 0 Å². The molecule has 0 saturated carbocycles. The highest BCUT2D eigenvalue weighted by Gasteiger charge is 2.18. The van der Waals surface area contributed by atoms with Crippen LogP contribution < -0.4 is 5.73 Å². The fourth-order valence-electron chi connectivity index (χ4n) is 1.95. The highest BCUT2D eigenvalue weighted by atomic mass is 15.0. The molecule has 0 amide bonds.